The molecule has 0 saturated heterocycles. The molecule has 2 aromatic carbocycles. The molecule has 0 atom stereocenters. The van der Waals surface area contributed by atoms with E-state index in [-0.39, 0.29) is 5.91 Å². The molecule has 1 aromatic heterocycles. The molecule has 28 heavy (non-hydrogen) atoms. The van der Waals surface area contributed by atoms with Gasteiger partial charge in [-0.3, -0.25) is 4.79 Å². The maximum atomic E-state index is 11.1. The Morgan fingerprint density at radius 2 is 1.57 bits per heavy atom. The van der Waals surface area contributed by atoms with Crippen LogP contribution in [0.25, 0.3) is 11.3 Å². The number of rotatable bonds is 7. The Balaban J connectivity index is 1.73. The second kappa shape index (κ2) is 8.99. The number of aromatic nitrogens is 2. The highest BCUT2D eigenvalue weighted by Crippen LogP contribution is 2.23. The van der Waals surface area contributed by atoms with Crippen LogP contribution >= 0.6 is 0 Å². The molecule has 6 nitrogen and oxygen atoms in total. The molecule has 0 unspecified atom stereocenters. The molecular weight excluding hydrogens is 350 g/mol. The summed E-state index contributed by atoms with van der Waals surface area (Å²) in [5.41, 5.74) is 4.67. The van der Waals surface area contributed by atoms with Gasteiger partial charge in [-0.05, 0) is 56.3 Å². The molecule has 0 radical (unpaired) electrons. The fraction of sp³-hybridized carbons (Fsp3) is 0.227. The number of hydrogen-bond acceptors (Lipinski definition) is 5. The Morgan fingerprint density at radius 3 is 2.18 bits per heavy atom. The summed E-state index contributed by atoms with van der Waals surface area (Å²) < 4.78 is 0. The molecular formula is C22H25N5O. The van der Waals surface area contributed by atoms with Crippen molar-refractivity contribution in [3.05, 3.63) is 60.8 Å². The Morgan fingerprint density at radius 1 is 0.929 bits per heavy atom. The minimum absolute atomic E-state index is 0.0896. The highest BCUT2D eigenvalue weighted by atomic mass is 16.1. The Hall–Kier alpha value is -3.41. The van der Waals surface area contributed by atoms with Crippen molar-refractivity contribution in [1.82, 2.24) is 9.97 Å². The average Bonchev–Trinajstić information content (AvgIpc) is 2.70. The van der Waals surface area contributed by atoms with Crippen molar-refractivity contribution >= 4 is 28.9 Å². The van der Waals surface area contributed by atoms with E-state index in [1.165, 1.54) is 12.6 Å². The molecule has 3 rings (SSSR count). The van der Waals surface area contributed by atoms with E-state index in [2.05, 4.69) is 51.5 Å². The predicted molar refractivity (Wildman–Crippen MR) is 115 cm³/mol. The van der Waals surface area contributed by atoms with E-state index < -0.39 is 0 Å². The largest absolute Gasteiger partial charge is 0.372 e. The lowest BCUT2D eigenvalue weighted by molar-refractivity contribution is -0.114. The molecule has 0 aliphatic rings. The molecule has 0 aliphatic heterocycles. The first-order valence-electron chi connectivity index (χ1n) is 9.42. The Labute approximate surface area is 165 Å². The van der Waals surface area contributed by atoms with E-state index in [0.29, 0.717) is 5.95 Å². The van der Waals surface area contributed by atoms with Gasteiger partial charge in [0.2, 0.25) is 11.9 Å². The number of amides is 1. The smallest absolute Gasteiger partial charge is 0.227 e. The van der Waals surface area contributed by atoms with E-state index in [1.807, 2.05) is 42.5 Å². The zero-order valence-electron chi connectivity index (χ0n) is 16.4. The minimum atomic E-state index is -0.0896. The fourth-order valence-corrected chi connectivity index (χ4v) is 2.98. The van der Waals surface area contributed by atoms with Crippen molar-refractivity contribution in [2.24, 2.45) is 0 Å². The zero-order valence-corrected chi connectivity index (χ0v) is 16.4. The van der Waals surface area contributed by atoms with E-state index in [0.717, 1.165) is 35.7 Å². The zero-order chi connectivity index (χ0) is 19.9. The van der Waals surface area contributed by atoms with Crippen LogP contribution in [-0.4, -0.2) is 29.0 Å². The SMILES string of the molecule is CCN(CC)c1ccc(Nc2nccc(-c3ccc(NC(C)=O)cc3)n2)cc1. The number of hydrogen-bond donors (Lipinski definition) is 2. The molecule has 0 bridgehead atoms. The van der Waals surface area contributed by atoms with Crippen LogP contribution in [0.2, 0.25) is 0 Å². The van der Waals surface area contributed by atoms with Gasteiger partial charge in [0.25, 0.3) is 0 Å². The van der Waals surface area contributed by atoms with E-state index in [4.69, 9.17) is 0 Å². The number of carbonyl (C=O) groups is 1. The highest BCUT2D eigenvalue weighted by Gasteiger charge is 2.05. The van der Waals surface area contributed by atoms with Crippen molar-refractivity contribution in [1.29, 1.82) is 0 Å². The molecule has 2 N–H and O–H groups in total. The first kappa shape index (κ1) is 19.4. The maximum Gasteiger partial charge on any atom is 0.227 e. The van der Waals surface area contributed by atoms with Gasteiger partial charge in [0.15, 0.2) is 0 Å². The van der Waals surface area contributed by atoms with Crippen molar-refractivity contribution in [3.8, 4) is 11.3 Å². The third-order valence-corrected chi connectivity index (χ3v) is 4.41. The molecule has 144 valence electrons. The van der Waals surface area contributed by atoms with Crippen LogP contribution in [0.15, 0.2) is 60.8 Å². The van der Waals surface area contributed by atoms with Crippen LogP contribution in [-0.2, 0) is 4.79 Å². The summed E-state index contributed by atoms with van der Waals surface area (Å²) in [7, 11) is 0. The summed E-state index contributed by atoms with van der Waals surface area (Å²) in [6, 6.07) is 17.7. The predicted octanol–water partition coefficient (Wildman–Crippen LogP) is 4.69. The van der Waals surface area contributed by atoms with E-state index in [1.54, 1.807) is 6.20 Å². The summed E-state index contributed by atoms with van der Waals surface area (Å²) >= 11 is 0. The quantitative estimate of drug-likeness (QED) is 0.627. The van der Waals surface area contributed by atoms with Gasteiger partial charge in [-0.2, -0.15) is 0 Å². The molecule has 0 saturated carbocycles. The number of anilines is 4. The summed E-state index contributed by atoms with van der Waals surface area (Å²) in [4.78, 5) is 22.3. The number of benzene rings is 2. The maximum absolute atomic E-state index is 11.1. The van der Waals surface area contributed by atoms with Crippen LogP contribution in [0.1, 0.15) is 20.8 Å². The van der Waals surface area contributed by atoms with Crippen molar-refractivity contribution in [2.75, 3.05) is 28.6 Å². The lowest BCUT2D eigenvalue weighted by Gasteiger charge is -2.21. The van der Waals surface area contributed by atoms with Gasteiger partial charge in [0.1, 0.15) is 0 Å². The Bertz CT molecular complexity index is 918. The monoisotopic (exact) mass is 375 g/mol. The molecule has 0 fully saturated rings. The van der Waals surface area contributed by atoms with Crippen LogP contribution in [0.5, 0.6) is 0 Å². The lowest BCUT2D eigenvalue weighted by Crippen LogP contribution is -2.21. The normalized spacial score (nSPS) is 10.4. The second-order valence-corrected chi connectivity index (χ2v) is 6.37. The van der Waals surface area contributed by atoms with Gasteiger partial charge < -0.3 is 15.5 Å². The van der Waals surface area contributed by atoms with Crippen molar-refractivity contribution < 1.29 is 4.79 Å². The molecule has 1 heterocycles. The van der Waals surface area contributed by atoms with Gasteiger partial charge in [-0.15, -0.1) is 0 Å². The molecule has 0 spiro atoms. The number of nitrogens with zero attached hydrogens (tertiary/aromatic N) is 3. The van der Waals surface area contributed by atoms with Crippen LogP contribution in [0.3, 0.4) is 0 Å². The van der Waals surface area contributed by atoms with Crippen LogP contribution < -0.4 is 15.5 Å². The van der Waals surface area contributed by atoms with Gasteiger partial charge in [0.05, 0.1) is 5.69 Å². The van der Waals surface area contributed by atoms with Crippen LogP contribution in [0, 0.1) is 0 Å². The molecule has 6 heteroatoms. The minimum Gasteiger partial charge on any atom is -0.372 e. The summed E-state index contributed by atoms with van der Waals surface area (Å²) in [6.07, 6.45) is 1.73. The number of carbonyl (C=O) groups excluding carboxylic acids is 1. The Kier molecular flexibility index (Phi) is 6.22. The van der Waals surface area contributed by atoms with Crippen LogP contribution in [0.4, 0.5) is 23.0 Å². The molecule has 0 aliphatic carbocycles. The summed E-state index contributed by atoms with van der Waals surface area (Å²) in [5, 5.41) is 6.02. The summed E-state index contributed by atoms with van der Waals surface area (Å²) in [6.45, 7) is 7.75. The number of nitrogens with one attached hydrogen (secondary N) is 2. The van der Waals surface area contributed by atoms with E-state index >= 15 is 0 Å². The van der Waals surface area contributed by atoms with Gasteiger partial charge >= 0.3 is 0 Å². The second-order valence-electron chi connectivity index (χ2n) is 6.37. The van der Waals surface area contributed by atoms with Gasteiger partial charge in [-0.25, -0.2) is 9.97 Å². The topological polar surface area (TPSA) is 70.2 Å². The standard InChI is InChI=1S/C22H25N5O/c1-4-27(5-2)20-12-10-19(11-13-20)25-22-23-15-14-21(26-22)17-6-8-18(9-7-17)24-16(3)28/h6-15H,4-5H2,1-3H3,(H,24,28)(H,23,25,26). The average molecular weight is 375 g/mol. The van der Waals surface area contributed by atoms with Crippen molar-refractivity contribution in [2.45, 2.75) is 20.8 Å². The lowest BCUT2D eigenvalue weighted by atomic mass is 10.1. The fourth-order valence-electron chi connectivity index (χ4n) is 2.98. The summed E-state index contributed by atoms with van der Waals surface area (Å²) in [5.74, 6) is 0.451. The van der Waals surface area contributed by atoms with Gasteiger partial charge in [0, 0.05) is 48.8 Å². The molecule has 1 amide bonds. The first-order chi connectivity index (χ1) is 13.6. The van der Waals surface area contributed by atoms with E-state index in [9.17, 15) is 4.79 Å². The third-order valence-electron chi connectivity index (χ3n) is 4.41. The third kappa shape index (κ3) is 4.85. The molecule has 3 aromatic rings. The highest BCUT2D eigenvalue weighted by molar-refractivity contribution is 5.88. The van der Waals surface area contributed by atoms with Crippen molar-refractivity contribution in [3.63, 3.8) is 0 Å². The first-order valence-corrected chi connectivity index (χ1v) is 9.42. The van der Waals surface area contributed by atoms with Gasteiger partial charge in [-0.1, -0.05) is 12.1 Å².